The second-order valence-electron chi connectivity index (χ2n) is 5.86. The quantitative estimate of drug-likeness (QED) is 0.417. The van der Waals surface area contributed by atoms with Crippen LogP contribution in [-0.2, 0) is 8.85 Å². The number of hydrogen-bond donors (Lipinski definition) is 0. The van der Waals surface area contributed by atoms with E-state index in [1.165, 1.54) is 19.3 Å². The Morgan fingerprint density at radius 3 is 2.18 bits per heavy atom. The van der Waals surface area contributed by atoms with E-state index in [-0.39, 0.29) is 0 Å². The van der Waals surface area contributed by atoms with Crippen LogP contribution in [0.15, 0.2) is 0 Å². The summed E-state index contributed by atoms with van der Waals surface area (Å²) >= 11 is 0. The van der Waals surface area contributed by atoms with Crippen molar-refractivity contribution in [1.29, 1.82) is 0 Å². The molecule has 0 amide bonds. The topological polar surface area (TPSA) is 18.5 Å². The van der Waals surface area contributed by atoms with E-state index in [1.807, 2.05) is 0 Å². The van der Waals surface area contributed by atoms with Gasteiger partial charge in [0.05, 0.1) is 0 Å². The Morgan fingerprint density at radius 2 is 1.65 bits per heavy atom. The maximum atomic E-state index is 6.06. The molecule has 3 heteroatoms. The lowest BCUT2D eigenvalue weighted by atomic mass is 10.1. The molecule has 1 atom stereocenters. The number of unbranched alkanes of at least 4 members (excludes halogenated alkanes) is 1. The highest BCUT2D eigenvalue weighted by Gasteiger charge is 2.26. The normalized spacial score (nSPS) is 14.3. The molecule has 0 fully saturated rings. The molecule has 17 heavy (non-hydrogen) atoms. The predicted octanol–water partition coefficient (Wildman–Crippen LogP) is 4.74. The maximum absolute atomic E-state index is 6.06. The minimum atomic E-state index is -1.89. The summed E-state index contributed by atoms with van der Waals surface area (Å²) in [5, 5.41) is 0. The second-order valence-corrected chi connectivity index (χ2v) is 9.18. The summed E-state index contributed by atoms with van der Waals surface area (Å²) in [7, 11) is -1.89. The zero-order chi connectivity index (χ0) is 13.3. The molecule has 2 nitrogen and oxygen atoms in total. The first-order valence-corrected chi connectivity index (χ1v) is 10.0. The third-order valence-electron chi connectivity index (χ3n) is 2.82. The van der Waals surface area contributed by atoms with Crippen molar-refractivity contribution in [1.82, 2.24) is 0 Å². The molecule has 0 bridgehead atoms. The van der Waals surface area contributed by atoms with Gasteiger partial charge >= 0.3 is 8.56 Å². The summed E-state index contributed by atoms with van der Waals surface area (Å²) in [6.07, 6.45) is 6.39. The van der Waals surface area contributed by atoms with Gasteiger partial charge in [0.1, 0.15) is 0 Å². The largest absolute Gasteiger partial charge is 0.395 e. The Morgan fingerprint density at radius 1 is 1.00 bits per heavy atom. The van der Waals surface area contributed by atoms with E-state index < -0.39 is 8.56 Å². The summed E-state index contributed by atoms with van der Waals surface area (Å²) < 4.78 is 12.0. The fraction of sp³-hybridized carbons (Fsp3) is 1.00. The Labute approximate surface area is 109 Å². The lowest BCUT2D eigenvalue weighted by Gasteiger charge is -2.27. The molecule has 1 unspecified atom stereocenters. The fourth-order valence-corrected chi connectivity index (χ4v) is 3.67. The first-order valence-electron chi connectivity index (χ1n) is 7.19. The third-order valence-corrected chi connectivity index (χ3v) is 4.69. The highest BCUT2D eigenvalue weighted by molar-refractivity contribution is 6.64. The summed E-state index contributed by atoms with van der Waals surface area (Å²) in [4.78, 5) is 0. The van der Waals surface area contributed by atoms with Crippen molar-refractivity contribution in [2.24, 2.45) is 5.92 Å². The lowest BCUT2D eigenvalue weighted by Crippen LogP contribution is -2.38. The van der Waals surface area contributed by atoms with Crippen LogP contribution in [0.25, 0.3) is 0 Å². The highest BCUT2D eigenvalue weighted by atomic mass is 28.4. The molecule has 0 aliphatic heterocycles. The Bertz CT molecular complexity index is 181. The van der Waals surface area contributed by atoms with E-state index in [0.717, 1.165) is 25.4 Å². The Kier molecular flexibility index (Phi) is 9.19. The summed E-state index contributed by atoms with van der Waals surface area (Å²) in [5.74, 6) is 0.771. The molecule has 0 aliphatic carbocycles. The van der Waals surface area contributed by atoms with E-state index >= 15 is 0 Å². The number of rotatable bonds is 10. The van der Waals surface area contributed by atoms with Gasteiger partial charge in [0.15, 0.2) is 0 Å². The highest BCUT2D eigenvalue weighted by Crippen LogP contribution is 2.15. The minimum absolute atomic E-state index is 0.349. The van der Waals surface area contributed by atoms with Gasteiger partial charge in [-0.2, -0.15) is 0 Å². The first kappa shape index (κ1) is 17.1. The van der Waals surface area contributed by atoms with Gasteiger partial charge < -0.3 is 8.85 Å². The fourth-order valence-electron chi connectivity index (χ4n) is 1.88. The van der Waals surface area contributed by atoms with Gasteiger partial charge in [0.25, 0.3) is 0 Å². The Balaban J connectivity index is 3.70. The maximum Gasteiger partial charge on any atom is 0.331 e. The van der Waals surface area contributed by atoms with E-state index in [9.17, 15) is 0 Å². The van der Waals surface area contributed by atoms with Crippen LogP contribution in [0, 0.1) is 5.92 Å². The van der Waals surface area contributed by atoms with Gasteiger partial charge in [-0.1, -0.05) is 33.6 Å². The van der Waals surface area contributed by atoms with Crippen molar-refractivity contribution in [2.45, 2.75) is 79.0 Å². The average Bonchev–Trinajstić information content (AvgIpc) is 2.20. The van der Waals surface area contributed by atoms with Crippen LogP contribution < -0.4 is 0 Å². The van der Waals surface area contributed by atoms with Gasteiger partial charge in [0.2, 0.25) is 0 Å². The summed E-state index contributed by atoms with van der Waals surface area (Å²) in [5.41, 5.74) is 0. The van der Waals surface area contributed by atoms with Crippen molar-refractivity contribution >= 4 is 8.56 Å². The van der Waals surface area contributed by atoms with Crippen LogP contribution in [-0.4, -0.2) is 21.3 Å². The van der Waals surface area contributed by atoms with Crippen LogP contribution in [0.4, 0.5) is 0 Å². The predicted molar refractivity (Wildman–Crippen MR) is 77.6 cm³/mol. The zero-order valence-corrected chi connectivity index (χ0v) is 13.7. The second kappa shape index (κ2) is 9.12. The SMILES string of the molecule is CCCCC(C)O[Si](C)(C)OCCCC(C)C. The van der Waals surface area contributed by atoms with E-state index in [0.29, 0.717) is 6.10 Å². The average molecular weight is 260 g/mol. The van der Waals surface area contributed by atoms with Crippen molar-refractivity contribution in [3.8, 4) is 0 Å². The molecule has 0 saturated heterocycles. The molecule has 0 aliphatic rings. The van der Waals surface area contributed by atoms with E-state index in [4.69, 9.17) is 8.85 Å². The molecule has 0 radical (unpaired) electrons. The standard InChI is InChI=1S/C14H32O2Si/c1-7-8-11-14(4)16-17(5,6)15-12-9-10-13(2)3/h13-14H,7-12H2,1-6H3. The molecular weight excluding hydrogens is 228 g/mol. The van der Waals surface area contributed by atoms with Crippen LogP contribution in [0.1, 0.15) is 59.8 Å². The smallest absolute Gasteiger partial charge is 0.331 e. The molecule has 0 aromatic rings. The van der Waals surface area contributed by atoms with E-state index in [2.05, 4.69) is 40.8 Å². The van der Waals surface area contributed by atoms with Crippen LogP contribution in [0.5, 0.6) is 0 Å². The first-order chi connectivity index (χ1) is 7.87. The molecular formula is C14H32O2Si. The van der Waals surface area contributed by atoms with Crippen LogP contribution in [0.3, 0.4) is 0 Å². The zero-order valence-electron chi connectivity index (χ0n) is 12.7. The van der Waals surface area contributed by atoms with E-state index in [1.54, 1.807) is 0 Å². The minimum Gasteiger partial charge on any atom is -0.395 e. The molecule has 0 rings (SSSR count). The van der Waals surface area contributed by atoms with Gasteiger partial charge in [-0.15, -0.1) is 0 Å². The van der Waals surface area contributed by atoms with Gasteiger partial charge in [0, 0.05) is 12.7 Å². The van der Waals surface area contributed by atoms with Gasteiger partial charge in [-0.3, -0.25) is 0 Å². The summed E-state index contributed by atoms with van der Waals surface area (Å²) in [6, 6.07) is 0. The van der Waals surface area contributed by atoms with Crippen molar-refractivity contribution in [3.05, 3.63) is 0 Å². The van der Waals surface area contributed by atoms with Crippen molar-refractivity contribution in [3.63, 3.8) is 0 Å². The third kappa shape index (κ3) is 11.0. The number of hydrogen-bond acceptors (Lipinski definition) is 2. The molecule has 0 heterocycles. The van der Waals surface area contributed by atoms with Crippen LogP contribution >= 0.6 is 0 Å². The molecule has 0 spiro atoms. The van der Waals surface area contributed by atoms with Crippen molar-refractivity contribution in [2.75, 3.05) is 6.61 Å². The summed E-state index contributed by atoms with van der Waals surface area (Å²) in [6.45, 7) is 14.1. The molecule has 0 N–H and O–H groups in total. The molecule has 0 saturated carbocycles. The van der Waals surface area contributed by atoms with Crippen molar-refractivity contribution < 1.29 is 8.85 Å². The van der Waals surface area contributed by atoms with Gasteiger partial charge in [-0.05, 0) is 45.2 Å². The molecule has 104 valence electrons. The van der Waals surface area contributed by atoms with Gasteiger partial charge in [-0.25, -0.2) is 0 Å². The molecule has 0 aromatic carbocycles. The Hall–Kier alpha value is 0.137. The monoisotopic (exact) mass is 260 g/mol. The molecule has 0 aromatic heterocycles. The lowest BCUT2D eigenvalue weighted by molar-refractivity contribution is 0.122. The van der Waals surface area contributed by atoms with Crippen LogP contribution in [0.2, 0.25) is 13.1 Å².